The molecule has 0 heteroatoms. The molecule has 0 bridgehead atoms. The number of benzene rings is 7. The Balaban J connectivity index is 1.01. The van der Waals surface area contributed by atoms with Gasteiger partial charge in [0.1, 0.15) is 0 Å². The van der Waals surface area contributed by atoms with Crippen LogP contribution in [0, 0.1) is 6.92 Å². The molecule has 0 aromatic heterocycles. The van der Waals surface area contributed by atoms with Gasteiger partial charge in [0.25, 0.3) is 0 Å². The van der Waals surface area contributed by atoms with Gasteiger partial charge in [-0.15, -0.1) is 0 Å². The summed E-state index contributed by atoms with van der Waals surface area (Å²) in [7, 11) is 0. The third-order valence-electron chi connectivity index (χ3n) is 14.0. The van der Waals surface area contributed by atoms with Gasteiger partial charge in [-0.3, -0.25) is 0 Å². The quantitative estimate of drug-likeness (QED) is 0.171. The SMILES string of the molecule is Cc1cc(-c2ccc3c(c2)C2(Cc4ccc(C(C)C)cc4C2)c2ccccc2-3)cc(-c2ccc3c(c2)C2(Cc4ccc(C(C)C)cc4C2)c2ccccc2-3)c1. The van der Waals surface area contributed by atoms with Crippen LogP contribution >= 0.6 is 0 Å². The summed E-state index contributed by atoms with van der Waals surface area (Å²) in [4.78, 5) is 0. The second kappa shape index (κ2) is 11.8. The van der Waals surface area contributed by atoms with Crippen LogP contribution in [0.5, 0.6) is 0 Å². The van der Waals surface area contributed by atoms with Crippen molar-refractivity contribution in [1.82, 2.24) is 0 Å². The largest absolute Gasteiger partial charge is 0.0619 e. The highest BCUT2D eigenvalue weighted by Crippen LogP contribution is 2.58. The molecule has 4 aliphatic carbocycles. The minimum atomic E-state index is -0.0232. The van der Waals surface area contributed by atoms with Gasteiger partial charge in [-0.2, -0.15) is 0 Å². The van der Waals surface area contributed by atoms with Gasteiger partial charge in [0.15, 0.2) is 0 Å². The molecular weight excluding hydrogens is 661 g/mol. The van der Waals surface area contributed by atoms with E-state index in [2.05, 4.69) is 174 Å². The highest BCUT2D eigenvalue weighted by Gasteiger charge is 2.48. The molecule has 0 N–H and O–H groups in total. The summed E-state index contributed by atoms with van der Waals surface area (Å²) in [6.07, 6.45) is 4.26. The van der Waals surface area contributed by atoms with Crippen LogP contribution in [0.3, 0.4) is 0 Å². The fraction of sp³-hybridized carbons (Fsp3) is 0.236. The predicted molar refractivity (Wildman–Crippen MR) is 230 cm³/mol. The van der Waals surface area contributed by atoms with E-state index in [0.717, 1.165) is 25.7 Å². The molecule has 0 fully saturated rings. The smallest absolute Gasteiger partial charge is 0.0296 e. The average molecular weight is 709 g/mol. The van der Waals surface area contributed by atoms with E-state index in [1.165, 1.54) is 106 Å². The lowest BCUT2D eigenvalue weighted by Gasteiger charge is -2.27. The molecule has 2 unspecified atom stereocenters. The van der Waals surface area contributed by atoms with Crippen molar-refractivity contribution >= 4 is 0 Å². The summed E-state index contributed by atoms with van der Waals surface area (Å²) in [5.74, 6) is 1.07. The Hall–Kier alpha value is -5.46. The molecule has 2 spiro atoms. The third-order valence-corrected chi connectivity index (χ3v) is 14.0. The first-order chi connectivity index (χ1) is 26.7. The zero-order valence-corrected chi connectivity index (χ0v) is 32.8. The van der Waals surface area contributed by atoms with Crippen LogP contribution in [0.4, 0.5) is 0 Å². The van der Waals surface area contributed by atoms with Gasteiger partial charge in [-0.1, -0.05) is 149 Å². The Labute approximate surface area is 326 Å². The molecular formula is C55H48. The Morgan fingerprint density at radius 1 is 0.364 bits per heavy atom. The maximum absolute atomic E-state index is 2.55. The van der Waals surface area contributed by atoms with E-state index in [4.69, 9.17) is 0 Å². The fourth-order valence-electron chi connectivity index (χ4n) is 11.3. The second-order valence-electron chi connectivity index (χ2n) is 17.9. The summed E-state index contributed by atoms with van der Waals surface area (Å²) in [6, 6.07) is 54.9. The van der Waals surface area contributed by atoms with E-state index in [-0.39, 0.29) is 10.8 Å². The molecule has 7 aromatic rings. The molecule has 0 aliphatic heterocycles. The molecule has 268 valence electrons. The average Bonchev–Trinajstić information content (AvgIpc) is 3.93. The number of hydrogen-bond acceptors (Lipinski definition) is 0. The Morgan fingerprint density at radius 3 is 1.24 bits per heavy atom. The van der Waals surface area contributed by atoms with Crippen LogP contribution in [0.15, 0.2) is 140 Å². The maximum atomic E-state index is 2.55. The highest BCUT2D eigenvalue weighted by atomic mass is 14.5. The first kappa shape index (κ1) is 32.9. The molecule has 11 rings (SSSR count). The monoisotopic (exact) mass is 708 g/mol. The van der Waals surface area contributed by atoms with E-state index >= 15 is 0 Å². The Bertz CT molecular complexity index is 2550. The van der Waals surface area contributed by atoms with Crippen LogP contribution in [-0.2, 0) is 36.5 Å². The lowest BCUT2D eigenvalue weighted by molar-refractivity contribution is 0.563. The summed E-state index contributed by atoms with van der Waals surface area (Å²) in [6.45, 7) is 11.5. The molecule has 2 atom stereocenters. The van der Waals surface area contributed by atoms with Gasteiger partial charge in [0, 0.05) is 10.8 Å². The summed E-state index contributed by atoms with van der Waals surface area (Å²) in [5.41, 5.74) is 27.1. The predicted octanol–water partition coefficient (Wildman–Crippen LogP) is 13.7. The normalized spacial score (nSPS) is 19.5. The third kappa shape index (κ3) is 4.77. The zero-order chi connectivity index (χ0) is 37.2. The molecule has 0 saturated carbocycles. The van der Waals surface area contributed by atoms with Crippen LogP contribution in [0.2, 0.25) is 0 Å². The lowest BCUT2D eigenvalue weighted by Crippen LogP contribution is -2.25. The van der Waals surface area contributed by atoms with Crippen molar-refractivity contribution < 1.29 is 0 Å². The zero-order valence-electron chi connectivity index (χ0n) is 32.8. The summed E-state index contributed by atoms with van der Waals surface area (Å²) >= 11 is 0. The topological polar surface area (TPSA) is 0 Å². The molecule has 0 radical (unpaired) electrons. The molecule has 0 heterocycles. The fourth-order valence-corrected chi connectivity index (χ4v) is 11.3. The van der Waals surface area contributed by atoms with Gasteiger partial charge in [0.2, 0.25) is 0 Å². The summed E-state index contributed by atoms with van der Waals surface area (Å²) < 4.78 is 0. The van der Waals surface area contributed by atoms with Crippen molar-refractivity contribution in [2.45, 2.75) is 83.0 Å². The van der Waals surface area contributed by atoms with Crippen molar-refractivity contribution in [3.05, 3.63) is 201 Å². The van der Waals surface area contributed by atoms with E-state index in [1.807, 2.05) is 0 Å². The minimum Gasteiger partial charge on any atom is -0.0619 e. The van der Waals surface area contributed by atoms with Crippen molar-refractivity contribution in [3.63, 3.8) is 0 Å². The molecule has 55 heavy (non-hydrogen) atoms. The Morgan fingerprint density at radius 2 is 0.782 bits per heavy atom. The van der Waals surface area contributed by atoms with Gasteiger partial charge in [0.05, 0.1) is 0 Å². The highest BCUT2D eigenvalue weighted by molar-refractivity contribution is 5.88. The van der Waals surface area contributed by atoms with Crippen molar-refractivity contribution in [3.8, 4) is 44.5 Å². The molecule has 0 saturated heterocycles. The minimum absolute atomic E-state index is 0.0232. The molecule has 7 aromatic carbocycles. The summed E-state index contributed by atoms with van der Waals surface area (Å²) in [5, 5.41) is 0. The van der Waals surface area contributed by atoms with Crippen molar-refractivity contribution in [1.29, 1.82) is 0 Å². The van der Waals surface area contributed by atoms with E-state index in [9.17, 15) is 0 Å². The first-order valence-electron chi connectivity index (χ1n) is 20.6. The van der Waals surface area contributed by atoms with Gasteiger partial charge in [-0.25, -0.2) is 0 Å². The molecule has 4 aliphatic rings. The van der Waals surface area contributed by atoms with Crippen LogP contribution < -0.4 is 0 Å². The van der Waals surface area contributed by atoms with Gasteiger partial charge in [-0.05, 0) is 168 Å². The van der Waals surface area contributed by atoms with Crippen LogP contribution in [0.1, 0.15) is 101 Å². The lowest BCUT2D eigenvalue weighted by atomic mass is 9.75. The van der Waals surface area contributed by atoms with Gasteiger partial charge < -0.3 is 0 Å². The second-order valence-corrected chi connectivity index (χ2v) is 17.9. The van der Waals surface area contributed by atoms with Crippen LogP contribution in [-0.4, -0.2) is 0 Å². The number of aryl methyl sites for hydroxylation is 1. The first-order valence-corrected chi connectivity index (χ1v) is 20.6. The standard InChI is InChI=1S/C55H48/c1-33(2)36-14-16-40-29-54(31-44(40)24-36)50-12-8-6-10-46(50)48-20-18-38(27-52(48)54)42-22-35(5)23-43(26-42)39-19-21-49-47-11-7-9-13-51(47)55(53(49)28-39)30-41-17-15-37(34(3)4)25-45(41)32-55/h6-28,33-34H,29-32H2,1-5H3. The van der Waals surface area contributed by atoms with E-state index in [1.54, 1.807) is 0 Å². The van der Waals surface area contributed by atoms with E-state index in [0.29, 0.717) is 11.8 Å². The van der Waals surface area contributed by atoms with Crippen molar-refractivity contribution in [2.75, 3.05) is 0 Å². The molecule has 0 nitrogen and oxygen atoms in total. The van der Waals surface area contributed by atoms with E-state index < -0.39 is 0 Å². The Kier molecular flexibility index (Phi) is 7.05. The number of rotatable bonds is 4. The van der Waals surface area contributed by atoms with Gasteiger partial charge >= 0.3 is 0 Å². The number of hydrogen-bond donors (Lipinski definition) is 0. The number of fused-ring (bicyclic) bond motifs is 12. The maximum Gasteiger partial charge on any atom is 0.0296 e. The molecule has 0 amide bonds. The van der Waals surface area contributed by atoms with Crippen molar-refractivity contribution in [2.24, 2.45) is 0 Å². The van der Waals surface area contributed by atoms with Crippen LogP contribution in [0.25, 0.3) is 44.5 Å².